The fourth-order valence-electron chi connectivity index (χ4n) is 4.13. The molecular formula is C17H31N3O2. The van der Waals surface area contributed by atoms with E-state index in [1.165, 1.54) is 32.5 Å². The molecule has 4 aliphatic heterocycles. The highest BCUT2D eigenvalue weighted by Gasteiger charge is 2.38. The largest absolute Gasteiger partial charge is 0.444 e. The summed E-state index contributed by atoms with van der Waals surface area (Å²) < 4.78 is 5.52. The number of fused-ring (bicyclic) bond motifs is 3. The number of hydrogen-bond donors (Lipinski definition) is 0. The molecule has 126 valence electrons. The molecule has 4 fully saturated rings. The first kappa shape index (κ1) is 16.1. The normalized spacial score (nSPS) is 33.6. The molecule has 4 aliphatic rings. The molecule has 1 atom stereocenters. The van der Waals surface area contributed by atoms with Gasteiger partial charge in [0.25, 0.3) is 0 Å². The molecule has 0 aromatic heterocycles. The van der Waals surface area contributed by atoms with Crippen LogP contribution in [0.5, 0.6) is 0 Å². The predicted molar refractivity (Wildman–Crippen MR) is 86.9 cm³/mol. The van der Waals surface area contributed by atoms with E-state index in [9.17, 15) is 4.79 Å². The van der Waals surface area contributed by atoms with Crippen molar-refractivity contribution in [3.05, 3.63) is 0 Å². The molecule has 1 amide bonds. The second-order valence-corrected chi connectivity index (χ2v) is 8.06. The molecule has 4 rings (SSSR count). The molecule has 4 saturated heterocycles. The van der Waals surface area contributed by atoms with Crippen LogP contribution in [0, 0.1) is 5.92 Å². The standard InChI is InChI=1S/C17H31N3O2/c1-17(2,3)22-16(21)20-8-4-7-19(11-12-20)15-13-18-9-5-14(15)6-10-18/h14-15H,4-13H2,1-3H3/t15-/m0/s1. The van der Waals surface area contributed by atoms with Gasteiger partial charge >= 0.3 is 6.09 Å². The van der Waals surface area contributed by atoms with Crippen molar-refractivity contribution in [2.45, 2.75) is 51.7 Å². The van der Waals surface area contributed by atoms with Gasteiger partial charge in [0.2, 0.25) is 0 Å². The van der Waals surface area contributed by atoms with Crippen molar-refractivity contribution in [2.75, 3.05) is 45.8 Å². The first-order valence-electron chi connectivity index (χ1n) is 8.87. The Hall–Kier alpha value is -0.810. The van der Waals surface area contributed by atoms with Gasteiger partial charge < -0.3 is 14.5 Å². The molecule has 22 heavy (non-hydrogen) atoms. The Morgan fingerprint density at radius 3 is 2.32 bits per heavy atom. The number of hydrogen-bond acceptors (Lipinski definition) is 4. The summed E-state index contributed by atoms with van der Waals surface area (Å²) in [7, 11) is 0. The van der Waals surface area contributed by atoms with Gasteiger partial charge in [-0.1, -0.05) is 0 Å². The molecule has 0 saturated carbocycles. The quantitative estimate of drug-likeness (QED) is 0.742. The third-order valence-electron chi connectivity index (χ3n) is 5.27. The Morgan fingerprint density at radius 2 is 1.73 bits per heavy atom. The smallest absolute Gasteiger partial charge is 0.410 e. The summed E-state index contributed by atoms with van der Waals surface area (Å²) in [5.74, 6) is 0.873. The lowest BCUT2D eigenvalue weighted by Crippen LogP contribution is -2.57. The molecule has 0 aromatic rings. The van der Waals surface area contributed by atoms with Gasteiger partial charge in [-0.25, -0.2) is 4.79 Å². The third kappa shape index (κ3) is 3.74. The Balaban J connectivity index is 1.55. The van der Waals surface area contributed by atoms with Crippen LogP contribution in [0.1, 0.15) is 40.0 Å². The Morgan fingerprint density at radius 1 is 1.00 bits per heavy atom. The molecule has 0 N–H and O–H groups in total. The molecule has 0 unspecified atom stereocenters. The summed E-state index contributed by atoms with van der Waals surface area (Å²) >= 11 is 0. The summed E-state index contributed by atoms with van der Waals surface area (Å²) in [6.45, 7) is 13.4. The topological polar surface area (TPSA) is 36.0 Å². The zero-order valence-electron chi connectivity index (χ0n) is 14.4. The van der Waals surface area contributed by atoms with E-state index in [1.807, 2.05) is 25.7 Å². The Bertz CT molecular complexity index is 399. The molecule has 0 radical (unpaired) electrons. The minimum atomic E-state index is -0.404. The van der Waals surface area contributed by atoms with Crippen LogP contribution >= 0.6 is 0 Å². The van der Waals surface area contributed by atoms with Crippen molar-refractivity contribution in [3.63, 3.8) is 0 Å². The molecule has 5 nitrogen and oxygen atoms in total. The highest BCUT2D eigenvalue weighted by atomic mass is 16.6. The summed E-state index contributed by atoms with van der Waals surface area (Å²) in [6, 6.07) is 0.709. The van der Waals surface area contributed by atoms with E-state index in [1.54, 1.807) is 0 Å². The van der Waals surface area contributed by atoms with Crippen molar-refractivity contribution in [2.24, 2.45) is 5.92 Å². The summed E-state index contributed by atoms with van der Waals surface area (Å²) in [4.78, 5) is 19.4. The maximum atomic E-state index is 12.3. The van der Waals surface area contributed by atoms with Crippen LogP contribution in [0.2, 0.25) is 0 Å². The van der Waals surface area contributed by atoms with Crippen LogP contribution in [-0.2, 0) is 4.74 Å². The van der Waals surface area contributed by atoms with Crippen LogP contribution < -0.4 is 0 Å². The Labute approximate surface area is 134 Å². The first-order chi connectivity index (χ1) is 10.4. The van der Waals surface area contributed by atoms with E-state index in [0.29, 0.717) is 6.04 Å². The number of ether oxygens (including phenoxy) is 1. The summed E-state index contributed by atoms with van der Waals surface area (Å²) in [6.07, 6.45) is 3.62. The van der Waals surface area contributed by atoms with E-state index < -0.39 is 5.60 Å². The zero-order valence-corrected chi connectivity index (χ0v) is 14.4. The van der Waals surface area contributed by atoms with Crippen molar-refractivity contribution >= 4 is 6.09 Å². The average molecular weight is 309 g/mol. The van der Waals surface area contributed by atoms with Gasteiger partial charge in [0.15, 0.2) is 0 Å². The second-order valence-electron chi connectivity index (χ2n) is 8.06. The number of nitrogens with zero attached hydrogens (tertiary/aromatic N) is 3. The van der Waals surface area contributed by atoms with Crippen molar-refractivity contribution in [1.29, 1.82) is 0 Å². The molecule has 5 heteroatoms. The summed E-state index contributed by atoms with van der Waals surface area (Å²) in [5.41, 5.74) is -0.404. The van der Waals surface area contributed by atoms with E-state index >= 15 is 0 Å². The predicted octanol–water partition coefficient (Wildman–Crippen LogP) is 2.02. The maximum Gasteiger partial charge on any atom is 0.410 e. The van der Waals surface area contributed by atoms with Crippen LogP contribution in [0.25, 0.3) is 0 Å². The SMILES string of the molecule is CC(C)(C)OC(=O)N1CCCN([C@H]2CN3CCC2CC3)CC1. The fraction of sp³-hybridized carbons (Fsp3) is 0.941. The first-order valence-corrected chi connectivity index (χ1v) is 8.87. The molecule has 2 bridgehead atoms. The van der Waals surface area contributed by atoms with Gasteiger partial charge in [-0.05, 0) is 59.0 Å². The molecule has 0 spiro atoms. The van der Waals surface area contributed by atoms with Crippen molar-refractivity contribution in [1.82, 2.24) is 14.7 Å². The highest BCUT2D eigenvalue weighted by molar-refractivity contribution is 5.68. The number of rotatable bonds is 1. The van der Waals surface area contributed by atoms with Crippen LogP contribution in [0.3, 0.4) is 0 Å². The zero-order chi connectivity index (χ0) is 15.7. The van der Waals surface area contributed by atoms with Gasteiger partial charge in [0.1, 0.15) is 5.60 Å². The number of carbonyl (C=O) groups excluding carboxylic acids is 1. The lowest BCUT2D eigenvalue weighted by atomic mass is 9.83. The highest BCUT2D eigenvalue weighted by Crippen LogP contribution is 2.31. The number of carbonyl (C=O) groups is 1. The second kappa shape index (κ2) is 6.36. The lowest BCUT2D eigenvalue weighted by Gasteiger charge is -2.49. The van der Waals surface area contributed by atoms with Gasteiger partial charge in [-0.2, -0.15) is 0 Å². The van der Waals surface area contributed by atoms with E-state index in [0.717, 1.165) is 38.5 Å². The van der Waals surface area contributed by atoms with E-state index in [2.05, 4.69) is 9.80 Å². The van der Waals surface area contributed by atoms with Crippen LogP contribution in [0.4, 0.5) is 4.79 Å². The van der Waals surface area contributed by atoms with Crippen LogP contribution in [-0.4, -0.2) is 78.2 Å². The minimum Gasteiger partial charge on any atom is -0.444 e. The van der Waals surface area contributed by atoms with Gasteiger partial charge in [0.05, 0.1) is 0 Å². The average Bonchev–Trinajstić information content (AvgIpc) is 2.72. The maximum absolute atomic E-state index is 12.3. The van der Waals surface area contributed by atoms with E-state index in [-0.39, 0.29) is 6.09 Å². The molecular weight excluding hydrogens is 278 g/mol. The molecule has 0 aromatic carbocycles. The van der Waals surface area contributed by atoms with Crippen molar-refractivity contribution < 1.29 is 9.53 Å². The van der Waals surface area contributed by atoms with Gasteiger partial charge in [-0.15, -0.1) is 0 Å². The number of amides is 1. The van der Waals surface area contributed by atoms with E-state index in [4.69, 9.17) is 4.74 Å². The third-order valence-corrected chi connectivity index (χ3v) is 5.27. The lowest BCUT2D eigenvalue weighted by molar-refractivity contribution is 0.00488. The van der Waals surface area contributed by atoms with Gasteiger partial charge in [-0.3, -0.25) is 4.90 Å². The van der Waals surface area contributed by atoms with Crippen LogP contribution in [0.15, 0.2) is 0 Å². The number of piperidine rings is 3. The Kier molecular flexibility index (Phi) is 4.64. The van der Waals surface area contributed by atoms with Crippen molar-refractivity contribution in [3.8, 4) is 0 Å². The molecule has 4 heterocycles. The molecule has 0 aliphatic carbocycles. The van der Waals surface area contributed by atoms with Gasteiger partial charge in [0, 0.05) is 38.8 Å². The summed E-state index contributed by atoms with van der Waals surface area (Å²) in [5, 5.41) is 0. The monoisotopic (exact) mass is 309 g/mol. The fourth-order valence-corrected chi connectivity index (χ4v) is 4.13. The minimum absolute atomic E-state index is 0.150.